The highest BCUT2D eigenvalue weighted by Gasteiger charge is 2.15. The number of nitrogen functional groups attached to an aromatic ring is 1. The van der Waals surface area contributed by atoms with Gasteiger partial charge in [-0.3, -0.25) is 4.21 Å². The van der Waals surface area contributed by atoms with Crippen LogP contribution in [0.4, 0.5) is 5.69 Å². The highest BCUT2D eigenvalue weighted by atomic mass is 32.2. The normalized spacial score (nSPS) is 15.1. The Bertz CT molecular complexity index is 544. The maximum atomic E-state index is 11.9. The van der Waals surface area contributed by atoms with Gasteiger partial charge in [-0.15, -0.1) is 0 Å². The van der Waals surface area contributed by atoms with E-state index in [-0.39, 0.29) is 11.8 Å². The van der Waals surface area contributed by atoms with Crippen molar-refractivity contribution < 1.29 is 12.6 Å². The van der Waals surface area contributed by atoms with E-state index in [0.717, 1.165) is 0 Å². The van der Waals surface area contributed by atoms with Gasteiger partial charge in [-0.1, -0.05) is 12.1 Å². The standard InChI is InChI=1S/C12H20N2O3S2/c1-10(6-7-18(2)15)14-19(16,17)9-11-4-3-5-12(13)8-11/h3-5,8,10,14H,6-7,9,13H2,1-2H3. The van der Waals surface area contributed by atoms with E-state index in [9.17, 15) is 12.6 Å². The van der Waals surface area contributed by atoms with E-state index < -0.39 is 20.8 Å². The van der Waals surface area contributed by atoms with E-state index in [0.29, 0.717) is 23.4 Å². The Hall–Kier alpha value is -0.920. The highest BCUT2D eigenvalue weighted by molar-refractivity contribution is 7.88. The Balaban J connectivity index is 2.59. The molecule has 0 spiro atoms. The summed E-state index contributed by atoms with van der Waals surface area (Å²) >= 11 is 0. The zero-order valence-corrected chi connectivity index (χ0v) is 12.8. The van der Waals surface area contributed by atoms with Crippen LogP contribution in [-0.4, -0.2) is 30.7 Å². The molecule has 0 amide bonds. The number of hydrogen-bond donors (Lipinski definition) is 2. The summed E-state index contributed by atoms with van der Waals surface area (Å²) in [5.74, 6) is 0.388. The first-order chi connectivity index (χ1) is 8.78. The van der Waals surface area contributed by atoms with Gasteiger partial charge >= 0.3 is 0 Å². The summed E-state index contributed by atoms with van der Waals surface area (Å²) in [5, 5.41) is 0. The van der Waals surface area contributed by atoms with Gasteiger partial charge in [0.1, 0.15) is 0 Å². The lowest BCUT2D eigenvalue weighted by Crippen LogP contribution is -2.34. The fourth-order valence-electron chi connectivity index (χ4n) is 1.65. The monoisotopic (exact) mass is 304 g/mol. The zero-order chi connectivity index (χ0) is 14.5. The lowest BCUT2D eigenvalue weighted by atomic mass is 10.2. The number of rotatable bonds is 7. The number of nitrogens with two attached hydrogens (primary N) is 1. The van der Waals surface area contributed by atoms with Crippen molar-refractivity contribution in [3.05, 3.63) is 29.8 Å². The molecule has 2 atom stereocenters. The third-order valence-electron chi connectivity index (χ3n) is 2.53. The van der Waals surface area contributed by atoms with Gasteiger partial charge in [0.25, 0.3) is 0 Å². The minimum Gasteiger partial charge on any atom is -0.399 e. The van der Waals surface area contributed by atoms with E-state index >= 15 is 0 Å². The van der Waals surface area contributed by atoms with Crippen molar-refractivity contribution in [3.63, 3.8) is 0 Å². The van der Waals surface area contributed by atoms with Crippen LogP contribution in [0.3, 0.4) is 0 Å². The molecule has 0 aromatic heterocycles. The second kappa shape index (κ2) is 7.02. The summed E-state index contributed by atoms with van der Waals surface area (Å²) in [7, 11) is -4.31. The summed E-state index contributed by atoms with van der Waals surface area (Å²) < 4.78 is 37.4. The fourth-order valence-corrected chi connectivity index (χ4v) is 3.77. The molecule has 3 N–H and O–H groups in total. The van der Waals surface area contributed by atoms with Crippen LogP contribution in [0.5, 0.6) is 0 Å². The predicted molar refractivity (Wildman–Crippen MR) is 79.6 cm³/mol. The lowest BCUT2D eigenvalue weighted by molar-refractivity contribution is 0.555. The number of anilines is 1. The minimum absolute atomic E-state index is 0.0996. The van der Waals surface area contributed by atoms with Crippen LogP contribution < -0.4 is 10.5 Å². The summed E-state index contributed by atoms with van der Waals surface area (Å²) in [6.07, 6.45) is 2.16. The minimum atomic E-state index is -3.40. The maximum absolute atomic E-state index is 11.9. The van der Waals surface area contributed by atoms with Gasteiger partial charge in [-0.25, -0.2) is 13.1 Å². The third kappa shape index (κ3) is 6.70. The van der Waals surface area contributed by atoms with Gasteiger partial charge in [0.15, 0.2) is 0 Å². The average molecular weight is 304 g/mol. The Labute approximate surface area is 117 Å². The Morgan fingerprint density at radius 1 is 1.42 bits per heavy atom. The molecule has 0 bridgehead atoms. The summed E-state index contributed by atoms with van der Waals surface area (Å²) in [4.78, 5) is 0. The van der Waals surface area contributed by atoms with E-state index in [2.05, 4.69) is 4.72 Å². The molecule has 108 valence electrons. The third-order valence-corrected chi connectivity index (χ3v) is 4.81. The van der Waals surface area contributed by atoms with Crippen LogP contribution in [0.1, 0.15) is 18.9 Å². The molecular weight excluding hydrogens is 284 g/mol. The molecule has 5 nitrogen and oxygen atoms in total. The highest BCUT2D eigenvalue weighted by Crippen LogP contribution is 2.10. The molecule has 0 radical (unpaired) electrons. The smallest absolute Gasteiger partial charge is 0.216 e. The summed E-state index contributed by atoms with van der Waals surface area (Å²) in [6.45, 7) is 1.77. The molecule has 2 unspecified atom stereocenters. The molecule has 7 heteroatoms. The Morgan fingerprint density at radius 3 is 2.68 bits per heavy atom. The van der Waals surface area contributed by atoms with Crippen LogP contribution in [0.25, 0.3) is 0 Å². The van der Waals surface area contributed by atoms with Gasteiger partial charge in [0.2, 0.25) is 10.0 Å². The van der Waals surface area contributed by atoms with Gasteiger partial charge in [0, 0.05) is 34.5 Å². The van der Waals surface area contributed by atoms with Crippen LogP contribution >= 0.6 is 0 Å². The molecule has 1 aromatic rings. The first-order valence-electron chi connectivity index (χ1n) is 5.93. The molecule has 0 aliphatic rings. The van der Waals surface area contributed by atoms with E-state index in [1.807, 2.05) is 0 Å². The van der Waals surface area contributed by atoms with Gasteiger partial charge in [-0.05, 0) is 31.0 Å². The second-order valence-corrected chi connectivity index (χ2v) is 7.90. The van der Waals surface area contributed by atoms with Crippen molar-refractivity contribution in [2.45, 2.75) is 25.1 Å². The first-order valence-corrected chi connectivity index (χ1v) is 9.31. The Morgan fingerprint density at radius 2 is 2.11 bits per heavy atom. The predicted octanol–water partition coefficient (Wildman–Crippen LogP) is 0.845. The lowest BCUT2D eigenvalue weighted by Gasteiger charge is -2.13. The van der Waals surface area contributed by atoms with Gasteiger partial charge in [0.05, 0.1) is 5.75 Å². The van der Waals surface area contributed by atoms with E-state index in [1.165, 1.54) is 0 Å². The summed E-state index contributed by atoms with van der Waals surface area (Å²) in [5.41, 5.74) is 6.81. The molecule has 0 fully saturated rings. The molecule has 1 rings (SSSR count). The maximum Gasteiger partial charge on any atom is 0.216 e. The number of sulfonamides is 1. The van der Waals surface area contributed by atoms with Crippen LogP contribution in [-0.2, 0) is 26.6 Å². The SMILES string of the molecule is CC(CCS(C)=O)NS(=O)(=O)Cc1cccc(N)c1. The quantitative estimate of drug-likeness (QED) is 0.731. The van der Waals surface area contributed by atoms with Crippen molar-refractivity contribution in [1.82, 2.24) is 4.72 Å². The fraction of sp³-hybridized carbons (Fsp3) is 0.500. The van der Waals surface area contributed by atoms with Gasteiger partial charge < -0.3 is 5.73 Å². The number of nitrogens with one attached hydrogen (secondary N) is 1. The van der Waals surface area contributed by atoms with Crippen LogP contribution in [0.15, 0.2) is 24.3 Å². The average Bonchev–Trinajstić information content (AvgIpc) is 2.24. The number of hydrogen-bond acceptors (Lipinski definition) is 4. The van der Waals surface area contributed by atoms with Crippen molar-refractivity contribution in [1.29, 1.82) is 0 Å². The molecular formula is C12H20N2O3S2. The van der Waals surface area contributed by atoms with Crippen molar-refractivity contribution in [2.75, 3.05) is 17.7 Å². The molecule has 19 heavy (non-hydrogen) atoms. The van der Waals surface area contributed by atoms with Crippen LogP contribution in [0.2, 0.25) is 0 Å². The zero-order valence-electron chi connectivity index (χ0n) is 11.1. The molecule has 0 heterocycles. The van der Waals surface area contributed by atoms with Crippen molar-refractivity contribution in [2.24, 2.45) is 0 Å². The summed E-state index contributed by atoms with van der Waals surface area (Å²) in [6, 6.07) is 6.58. The van der Waals surface area contributed by atoms with Crippen molar-refractivity contribution in [3.8, 4) is 0 Å². The van der Waals surface area contributed by atoms with E-state index in [1.54, 1.807) is 37.4 Å². The number of benzene rings is 1. The molecule has 0 aliphatic carbocycles. The largest absolute Gasteiger partial charge is 0.399 e. The van der Waals surface area contributed by atoms with E-state index in [4.69, 9.17) is 5.73 Å². The molecule has 0 saturated carbocycles. The Kier molecular flexibility index (Phi) is 5.96. The van der Waals surface area contributed by atoms with Crippen molar-refractivity contribution >= 4 is 26.5 Å². The first kappa shape index (κ1) is 16.1. The molecule has 0 saturated heterocycles. The second-order valence-electron chi connectivity index (χ2n) is 4.59. The topological polar surface area (TPSA) is 89.3 Å². The van der Waals surface area contributed by atoms with Crippen LogP contribution in [0, 0.1) is 0 Å². The molecule has 1 aromatic carbocycles. The molecule has 0 aliphatic heterocycles. The van der Waals surface area contributed by atoms with Gasteiger partial charge in [-0.2, -0.15) is 0 Å².